The third-order valence-corrected chi connectivity index (χ3v) is 2.52. The van der Waals surface area contributed by atoms with Crippen molar-refractivity contribution in [2.75, 3.05) is 13.7 Å². The Hall–Kier alpha value is -1.59. The van der Waals surface area contributed by atoms with Gasteiger partial charge in [-0.15, -0.1) is 0 Å². The smallest absolute Gasteiger partial charge is 0.328 e. The van der Waals surface area contributed by atoms with E-state index in [9.17, 15) is 14.4 Å². The third-order valence-electron chi connectivity index (χ3n) is 2.52. The molecule has 84 valence electrons. The molecule has 1 N–H and O–H groups in total. The van der Waals surface area contributed by atoms with Gasteiger partial charge in [-0.05, 0) is 6.92 Å². The Bertz CT molecular complexity index is 301. The summed E-state index contributed by atoms with van der Waals surface area (Å²) >= 11 is 0. The largest absolute Gasteiger partial charge is 0.481 e. The van der Waals surface area contributed by atoms with E-state index in [-0.39, 0.29) is 18.9 Å². The van der Waals surface area contributed by atoms with Crippen molar-refractivity contribution in [2.24, 2.45) is 5.92 Å². The zero-order valence-electron chi connectivity index (χ0n) is 8.60. The van der Waals surface area contributed by atoms with Crippen molar-refractivity contribution in [1.82, 2.24) is 4.90 Å². The van der Waals surface area contributed by atoms with Gasteiger partial charge in [0.15, 0.2) is 0 Å². The van der Waals surface area contributed by atoms with Crippen molar-refractivity contribution in [3.63, 3.8) is 0 Å². The lowest BCUT2D eigenvalue weighted by atomic mass is 10.1. The molecular weight excluding hydrogens is 202 g/mol. The molecule has 1 aliphatic heterocycles. The van der Waals surface area contributed by atoms with Crippen LogP contribution in [0.1, 0.15) is 13.3 Å². The Balaban J connectivity index is 2.69. The van der Waals surface area contributed by atoms with Gasteiger partial charge in [0.2, 0.25) is 5.91 Å². The first kappa shape index (κ1) is 11.5. The molecule has 0 radical (unpaired) electrons. The Morgan fingerprint density at radius 1 is 1.60 bits per heavy atom. The highest BCUT2D eigenvalue weighted by Crippen LogP contribution is 2.20. The zero-order chi connectivity index (χ0) is 11.6. The van der Waals surface area contributed by atoms with Gasteiger partial charge >= 0.3 is 11.9 Å². The lowest BCUT2D eigenvalue weighted by molar-refractivity contribution is -0.150. The van der Waals surface area contributed by atoms with Crippen molar-refractivity contribution < 1.29 is 24.2 Å². The Kier molecular flexibility index (Phi) is 3.28. The molecule has 1 amide bonds. The second kappa shape index (κ2) is 4.29. The van der Waals surface area contributed by atoms with Gasteiger partial charge in [-0.1, -0.05) is 0 Å². The topological polar surface area (TPSA) is 83.9 Å². The van der Waals surface area contributed by atoms with Crippen LogP contribution in [0.15, 0.2) is 0 Å². The van der Waals surface area contributed by atoms with Crippen LogP contribution >= 0.6 is 0 Å². The normalized spacial score (nSPS) is 22.7. The van der Waals surface area contributed by atoms with E-state index in [1.165, 1.54) is 18.9 Å². The summed E-state index contributed by atoms with van der Waals surface area (Å²) < 4.78 is 4.49. The molecule has 6 nitrogen and oxygen atoms in total. The monoisotopic (exact) mass is 215 g/mol. The van der Waals surface area contributed by atoms with Crippen LogP contribution < -0.4 is 0 Å². The minimum Gasteiger partial charge on any atom is -0.481 e. The molecule has 15 heavy (non-hydrogen) atoms. The molecule has 0 aliphatic carbocycles. The second-order valence-electron chi connectivity index (χ2n) is 3.48. The highest BCUT2D eigenvalue weighted by Gasteiger charge is 2.38. The van der Waals surface area contributed by atoms with Crippen LogP contribution in [0.3, 0.4) is 0 Å². The maximum absolute atomic E-state index is 11.4. The lowest BCUT2D eigenvalue weighted by Gasteiger charge is -2.21. The molecule has 0 aromatic carbocycles. The molecule has 0 aromatic rings. The number of carboxylic acids is 1. The first-order valence-electron chi connectivity index (χ1n) is 4.57. The number of amides is 1. The van der Waals surface area contributed by atoms with Gasteiger partial charge in [0.1, 0.15) is 6.04 Å². The number of carbonyl (C=O) groups is 3. The van der Waals surface area contributed by atoms with Crippen LogP contribution in [-0.4, -0.2) is 47.5 Å². The summed E-state index contributed by atoms with van der Waals surface area (Å²) in [6.07, 6.45) is -0.0450. The number of hydrogen-bond acceptors (Lipinski definition) is 4. The number of hydrogen-bond donors (Lipinski definition) is 1. The second-order valence-corrected chi connectivity index (χ2v) is 3.48. The number of carboxylic acid groups (broad SMARTS) is 1. The van der Waals surface area contributed by atoms with E-state index in [2.05, 4.69) is 4.74 Å². The average Bonchev–Trinajstić information content (AvgIpc) is 2.58. The number of carbonyl (C=O) groups excluding carboxylic acids is 2. The molecule has 0 aromatic heterocycles. The average molecular weight is 215 g/mol. The number of ether oxygens (including phenoxy) is 1. The van der Waals surface area contributed by atoms with Crippen molar-refractivity contribution in [3.05, 3.63) is 0 Å². The predicted octanol–water partition coefficient (Wildman–Crippen LogP) is -0.519. The van der Waals surface area contributed by atoms with E-state index < -0.39 is 23.9 Å². The van der Waals surface area contributed by atoms with E-state index >= 15 is 0 Å². The molecule has 2 atom stereocenters. The van der Waals surface area contributed by atoms with E-state index in [0.29, 0.717) is 0 Å². The summed E-state index contributed by atoms with van der Waals surface area (Å²) in [5.41, 5.74) is 0. The minimum absolute atomic E-state index is 0.0450. The number of likely N-dealkylation sites (tertiary alicyclic amines) is 1. The fourth-order valence-corrected chi connectivity index (χ4v) is 1.57. The summed E-state index contributed by atoms with van der Waals surface area (Å²) in [7, 11) is 1.23. The van der Waals surface area contributed by atoms with Crippen molar-refractivity contribution in [1.29, 1.82) is 0 Å². The third kappa shape index (κ3) is 2.26. The summed E-state index contributed by atoms with van der Waals surface area (Å²) in [6.45, 7) is 1.60. The highest BCUT2D eigenvalue weighted by atomic mass is 16.5. The van der Waals surface area contributed by atoms with Gasteiger partial charge in [-0.3, -0.25) is 9.59 Å². The zero-order valence-corrected chi connectivity index (χ0v) is 8.60. The first-order valence-corrected chi connectivity index (χ1v) is 4.57. The van der Waals surface area contributed by atoms with E-state index in [1.54, 1.807) is 0 Å². The quantitative estimate of drug-likeness (QED) is 0.640. The molecule has 0 spiro atoms. The number of esters is 1. The predicted molar refractivity (Wildman–Crippen MR) is 48.9 cm³/mol. The van der Waals surface area contributed by atoms with Gasteiger partial charge in [0.05, 0.1) is 13.0 Å². The van der Waals surface area contributed by atoms with Crippen molar-refractivity contribution in [2.45, 2.75) is 19.4 Å². The summed E-state index contributed by atoms with van der Waals surface area (Å²) in [5, 5.41) is 8.73. The maximum Gasteiger partial charge on any atom is 0.328 e. The SMILES string of the molecule is COC(=O)C(C)N1CC(C(=O)O)CC1=O. The molecule has 6 heteroatoms. The van der Waals surface area contributed by atoms with Gasteiger partial charge in [0.25, 0.3) is 0 Å². The van der Waals surface area contributed by atoms with Crippen molar-refractivity contribution in [3.8, 4) is 0 Å². The van der Waals surface area contributed by atoms with Gasteiger partial charge in [-0.2, -0.15) is 0 Å². The lowest BCUT2D eigenvalue weighted by Crippen LogP contribution is -2.41. The van der Waals surface area contributed by atoms with Crippen LogP contribution in [0.5, 0.6) is 0 Å². The molecule has 1 rings (SSSR count). The van der Waals surface area contributed by atoms with Gasteiger partial charge in [-0.25, -0.2) is 4.79 Å². The standard InChI is InChI=1S/C9H13NO5/c1-5(9(14)15-2)10-4-6(8(12)13)3-7(10)11/h5-6H,3-4H2,1-2H3,(H,12,13). The van der Waals surface area contributed by atoms with Crippen LogP contribution in [-0.2, 0) is 19.1 Å². The number of nitrogens with zero attached hydrogens (tertiary/aromatic N) is 1. The molecule has 0 bridgehead atoms. The van der Waals surface area contributed by atoms with Gasteiger partial charge < -0.3 is 14.7 Å². The Morgan fingerprint density at radius 2 is 2.20 bits per heavy atom. The van der Waals surface area contributed by atoms with Crippen LogP contribution in [0.25, 0.3) is 0 Å². The van der Waals surface area contributed by atoms with Crippen molar-refractivity contribution >= 4 is 17.8 Å². The number of rotatable bonds is 3. The summed E-state index contributed by atoms with van der Waals surface area (Å²) in [6, 6.07) is -0.716. The molecule has 1 aliphatic rings. The molecule has 0 saturated carbocycles. The van der Waals surface area contributed by atoms with E-state index in [0.717, 1.165) is 0 Å². The highest BCUT2D eigenvalue weighted by molar-refractivity contribution is 5.89. The number of aliphatic carboxylic acids is 1. The fourth-order valence-electron chi connectivity index (χ4n) is 1.57. The Morgan fingerprint density at radius 3 is 2.60 bits per heavy atom. The minimum atomic E-state index is -1.01. The Labute approximate surface area is 86.8 Å². The summed E-state index contributed by atoms with van der Waals surface area (Å²) in [5.74, 6) is -2.58. The molecule has 1 saturated heterocycles. The molecule has 1 fully saturated rings. The summed E-state index contributed by atoms with van der Waals surface area (Å²) in [4.78, 5) is 34.5. The van der Waals surface area contributed by atoms with Crippen LogP contribution in [0.4, 0.5) is 0 Å². The van der Waals surface area contributed by atoms with Crippen LogP contribution in [0, 0.1) is 5.92 Å². The maximum atomic E-state index is 11.4. The van der Waals surface area contributed by atoms with E-state index in [1.807, 2.05) is 0 Å². The molecular formula is C9H13NO5. The molecule has 1 heterocycles. The van der Waals surface area contributed by atoms with Crippen LogP contribution in [0.2, 0.25) is 0 Å². The van der Waals surface area contributed by atoms with E-state index in [4.69, 9.17) is 5.11 Å². The number of methoxy groups -OCH3 is 1. The fraction of sp³-hybridized carbons (Fsp3) is 0.667. The molecule has 2 unspecified atom stereocenters. The van der Waals surface area contributed by atoms with Gasteiger partial charge in [0, 0.05) is 13.0 Å². The first-order chi connectivity index (χ1) is 6.97.